The van der Waals surface area contributed by atoms with Crippen LogP contribution < -0.4 is 5.32 Å². The Hall–Kier alpha value is -0.0800. The van der Waals surface area contributed by atoms with Crippen LogP contribution in [-0.2, 0) is 0 Å². The third kappa shape index (κ3) is 3.46. The smallest absolute Gasteiger partial charge is 0.00418 e. The molecule has 2 saturated heterocycles. The van der Waals surface area contributed by atoms with Gasteiger partial charge in [-0.15, -0.1) is 0 Å². The van der Waals surface area contributed by atoms with E-state index in [1.165, 1.54) is 51.9 Å². The number of hydrogen-bond donors (Lipinski definition) is 1. The van der Waals surface area contributed by atoms with E-state index in [0.29, 0.717) is 5.41 Å². The molecule has 2 aliphatic heterocycles. The second kappa shape index (κ2) is 5.05. The molecule has 2 aliphatic rings. The van der Waals surface area contributed by atoms with E-state index in [1.807, 2.05) is 0 Å². The minimum absolute atomic E-state index is 0.552. The molecule has 0 aromatic rings. The predicted molar refractivity (Wildman–Crippen MR) is 69.6 cm³/mol. The van der Waals surface area contributed by atoms with Gasteiger partial charge in [0.05, 0.1) is 0 Å². The van der Waals surface area contributed by atoms with Gasteiger partial charge in [0.1, 0.15) is 0 Å². The Balaban J connectivity index is 1.80. The highest BCUT2D eigenvalue weighted by atomic mass is 15.1. The average Bonchev–Trinajstić information content (AvgIpc) is 2.15. The van der Waals surface area contributed by atoms with Crippen LogP contribution in [0.4, 0.5) is 0 Å². The molecule has 2 nitrogen and oxygen atoms in total. The Labute approximate surface area is 101 Å². The van der Waals surface area contributed by atoms with Gasteiger partial charge in [0.15, 0.2) is 0 Å². The van der Waals surface area contributed by atoms with Gasteiger partial charge < -0.3 is 10.2 Å². The van der Waals surface area contributed by atoms with Crippen molar-refractivity contribution in [2.24, 2.45) is 11.3 Å². The molecule has 2 unspecified atom stereocenters. The number of nitrogens with zero attached hydrogens (tertiary/aromatic N) is 1. The van der Waals surface area contributed by atoms with E-state index in [4.69, 9.17) is 0 Å². The lowest BCUT2D eigenvalue weighted by Crippen LogP contribution is -2.45. The largest absolute Gasteiger partial charge is 0.314 e. The molecular weight excluding hydrogens is 196 g/mol. The molecule has 0 amide bonds. The minimum atomic E-state index is 0.552. The summed E-state index contributed by atoms with van der Waals surface area (Å²) < 4.78 is 0. The molecule has 0 radical (unpaired) electrons. The van der Waals surface area contributed by atoms with Gasteiger partial charge in [0.25, 0.3) is 0 Å². The zero-order valence-electron chi connectivity index (χ0n) is 11.3. The first-order valence-electron chi connectivity index (χ1n) is 7.01. The van der Waals surface area contributed by atoms with Crippen molar-refractivity contribution in [3.05, 3.63) is 0 Å². The highest BCUT2D eigenvalue weighted by Crippen LogP contribution is 2.29. The number of rotatable bonds is 2. The van der Waals surface area contributed by atoms with Crippen LogP contribution in [0.1, 0.15) is 46.5 Å². The van der Waals surface area contributed by atoms with Crippen LogP contribution in [0.3, 0.4) is 0 Å². The van der Waals surface area contributed by atoms with Crippen molar-refractivity contribution in [3.8, 4) is 0 Å². The number of likely N-dealkylation sites (tertiary alicyclic amines) is 1. The molecule has 2 fully saturated rings. The van der Waals surface area contributed by atoms with Gasteiger partial charge in [-0.1, -0.05) is 13.8 Å². The standard InChI is InChI=1S/C14H28N2/c1-12-9-13(5-7-15-12)10-16-8-4-6-14(2,3)11-16/h12-13,15H,4-11H2,1-3H3. The summed E-state index contributed by atoms with van der Waals surface area (Å²) >= 11 is 0. The summed E-state index contributed by atoms with van der Waals surface area (Å²) in [7, 11) is 0. The van der Waals surface area contributed by atoms with Crippen LogP contribution in [0.2, 0.25) is 0 Å². The van der Waals surface area contributed by atoms with E-state index in [2.05, 4.69) is 31.0 Å². The van der Waals surface area contributed by atoms with Gasteiger partial charge in [-0.3, -0.25) is 0 Å². The Morgan fingerprint density at radius 1 is 1.38 bits per heavy atom. The van der Waals surface area contributed by atoms with Gasteiger partial charge >= 0.3 is 0 Å². The monoisotopic (exact) mass is 224 g/mol. The van der Waals surface area contributed by atoms with Crippen molar-refractivity contribution in [2.45, 2.75) is 52.5 Å². The van der Waals surface area contributed by atoms with Crippen molar-refractivity contribution < 1.29 is 0 Å². The maximum absolute atomic E-state index is 3.55. The Kier molecular flexibility index (Phi) is 3.91. The van der Waals surface area contributed by atoms with Crippen LogP contribution in [-0.4, -0.2) is 37.1 Å². The normalized spacial score (nSPS) is 36.2. The molecule has 0 bridgehead atoms. The van der Waals surface area contributed by atoms with E-state index < -0.39 is 0 Å². The van der Waals surface area contributed by atoms with E-state index in [0.717, 1.165) is 12.0 Å². The van der Waals surface area contributed by atoms with Crippen LogP contribution >= 0.6 is 0 Å². The topological polar surface area (TPSA) is 15.3 Å². The fourth-order valence-corrected chi connectivity index (χ4v) is 3.47. The Morgan fingerprint density at radius 2 is 2.19 bits per heavy atom. The summed E-state index contributed by atoms with van der Waals surface area (Å²) in [5, 5.41) is 3.55. The Morgan fingerprint density at radius 3 is 2.88 bits per heavy atom. The first-order valence-corrected chi connectivity index (χ1v) is 7.01. The van der Waals surface area contributed by atoms with Gasteiger partial charge in [-0.05, 0) is 57.0 Å². The summed E-state index contributed by atoms with van der Waals surface area (Å²) in [4.78, 5) is 2.71. The quantitative estimate of drug-likeness (QED) is 0.775. The van der Waals surface area contributed by atoms with E-state index in [-0.39, 0.29) is 0 Å². The van der Waals surface area contributed by atoms with Crippen LogP contribution in [0.5, 0.6) is 0 Å². The molecule has 2 atom stereocenters. The maximum atomic E-state index is 3.55. The lowest BCUT2D eigenvalue weighted by Gasteiger charge is -2.40. The molecule has 2 heteroatoms. The van der Waals surface area contributed by atoms with Gasteiger partial charge in [0, 0.05) is 19.1 Å². The fraction of sp³-hybridized carbons (Fsp3) is 1.00. The molecule has 0 spiro atoms. The summed E-state index contributed by atoms with van der Waals surface area (Å²) in [5.74, 6) is 0.935. The third-order valence-electron chi connectivity index (χ3n) is 4.23. The van der Waals surface area contributed by atoms with Crippen LogP contribution in [0.25, 0.3) is 0 Å². The summed E-state index contributed by atoms with van der Waals surface area (Å²) in [6.45, 7) is 12.4. The van der Waals surface area contributed by atoms with Gasteiger partial charge in [-0.2, -0.15) is 0 Å². The molecule has 1 N–H and O–H groups in total. The fourth-order valence-electron chi connectivity index (χ4n) is 3.47. The van der Waals surface area contributed by atoms with Crippen molar-refractivity contribution >= 4 is 0 Å². The molecular formula is C14H28N2. The van der Waals surface area contributed by atoms with Crippen LogP contribution in [0.15, 0.2) is 0 Å². The predicted octanol–water partition coefficient (Wildman–Crippen LogP) is 2.50. The number of nitrogens with one attached hydrogen (secondary N) is 1. The molecule has 0 saturated carbocycles. The van der Waals surface area contributed by atoms with Gasteiger partial charge in [-0.25, -0.2) is 0 Å². The van der Waals surface area contributed by atoms with E-state index in [9.17, 15) is 0 Å². The molecule has 2 rings (SSSR count). The van der Waals surface area contributed by atoms with Crippen molar-refractivity contribution in [1.82, 2.24) is 10.2 Å². The molecule has 16 heavy (non-hydrogen) atoms. The molecule has 0 aliphatic carbocycles. The highest BCUT2D eigenvalue weighted by molar-refractivity contribution is 4.83. The SMILES string of the molecule is CC1CC(CN2CCCC(C)(C)C2)CCN1. The highest BCUT2D eigenvalue weighted by Gasteiger charge is 2.28. The molecule has 2 heterocycles. The summed E-state index contributed by atoms with van der Waals surface area (Å²) in [6.07, 6.45) is 5.55. The van der Waals surface area contributed by atoms with Crippen molar-refractivity contribution in [2.75, 3.05) is 26.2 Å². The first kappa shape index (κ1) is 12.4. The minimum Gasteiger partial charge on any atom is -0.314 e. The van der Waals surface area contributed by atoms with E-state index in [1.54, 1.807) is 0 Å². The van der Waals surface area contributed by atoms with E-state index >= 15 is 0 Å². The molecule has 94 valence electrons. The summed E-state index contributed by atoms with van der Waals surface area (Å²) in [5.41, 5.74) is 0.552. The van der Waals surface area contributed by atoms with Crippen molar-refractivity contribution in [1.29, 1.82) is 0 Å². The number of hydrogen-bond acceptors (Lipinski definition) is 2. The second-order valence-corrected chi connectivity index (χ2v) is 6.75. The average molecular weight is 224 g/mol. The molecule has 0 aromatic carbocycles. The lowest BCUT2D eigenvalue weighted by atomic mass is 9.83. The maximum Gasteiger partial charge on any atom is 0.00418 e. The zero-order chi connectivity index (χ0) is 11.6. The Bertz CT molecular complexity index is 225. The second-order valence-electron chi connectivity index (χ2n) is 6.75. The zero-order valence-corrected chi connectivity index (χ0v) is 11.3. The van der Waals surface area contributed by atoms with Crippen molar-refractivity contribution in [3.63, 3.8) is 0 Å². The third-order valence-corrected chi connectivity index (χ3v) is 4.23. The lowest BCUT2D eigenvalue weighted by molar-refractivity contribution is 0.0920. The first-order chi connectivity index (χ1) is 7.55. The molecule has 0 aromatic heterocycles. The van der Waals surface area contributed by atoms with Gasteiger partial charge in [0.2, 0.25) is 0 Å². The van der Waals surface area contributed by atoms with Crippen LogP contribution in [0, 0.1) is 11.3 Å². The number of piperidine rings is 2. The summed E-state index contributed by atoms with van der Waals surface area (Å²) in [6, 6.07) is 0.733.